The quantitative estimate of drug-likeness (QED) is 0.283. The van der Waals surface area contributed by atoms with Gasteiger partial charge in [0.15, 0.2) is 6.10 Å². The second-order valence-electron chi connectivity index (χ2n) is 12.4. The predicted octanol–water partition coefficient (Wildman–Crippen LogP) is 1.52. The molecule has 0 aromatic rings. The van der Waals surface area contributed by atoms with Crippen LogP contribution in [0.5, 0.6) is 0 Å². The molecule has 0 radical (unpaired) electrons. The van der Waals surface area contributed by atoms with Crippen molar-refractivity contribution in [1.82, 2.24) is 0 Å². The Morgan fingerprint density at radius 2 is 1.90 bits per heavy atom. The van der Waals surface area contributed by atoms with Gasteiger partial charge in [-0.25, -0.2) is 9.59 Å². The number of cyclic esters (lactones) is 1. The Balaban J connectivity index is 1.37. The van der Waals surface area contributed by atoms with E-state index in [-0.39, 0.29) is 25.7 Å². The molecule has 4 fully saturated rings. The zero-order valence-electron chi connectivity index (χ0n) is 22.8. The highest BCUT2D eigenvalue weighted by molar-refractivity contribution is 5.82. The molecule has 2 bridgehead atoms. The summed E-state index contributed by atoms with van der Waals surface area (Å²) >= 11 is 0. The van der Waals surface area contributed by atoms with Gasteiger partial charge in [0.25, 0.3) is 0 Å². The van der Waals surface area contributed by atoms with E-state index in [9.17, 15) is 19.8 Å². The summed E-state index contributed by atoms with van der Waals surface area (Å²) in [7, 11) is 0. The van der Waals surface area contributed by atoms with Gasteiger partial charge in [0.05, 0.1) is 43.0 Å². The summed E-state index contributed by atoms with van der Waals surface area (Å²) in [6.45, 7) is 7.98. The molecule has 10 heteroatoms. The lowest BCUT2D eigenvalue weighted by Crippen LogP contribution is -2.68. The summed E-state index contributed by atoms with van der Waals surface area (Å²) in [6.07, 6.45) is 5.01. The molecule has 0 aromatic carbocycles. The highest BCUT2D eigenvalue weighted by Crippen LogP contribution is 2.72. The molecule has 6 aliphatic rings. The highest BCUT2D eigenvalue weighted by Gasteiger charge is 2.83. The second-order valence-corrected chi connectivity index (χ2v) is 12.4. The van der Waals surface area contributed by atoms with E-state index < -0.39 is 70.6 Å². The normalized spacial score (nSPS) is 51.7. The van der Waals surface area contributed by atoms with Crippen LogP contribution in [0.2, 0.25) is 0 Å². The Hall–Kier alpha value is -2.08. The standard InChI is InChI=1S/C29H38O10/c1-16-11-21-28(13-18(16)31)14-35-25(33)24-26(3,39-24)9-10-34-19(17(2)30)7-5-6-8-23(32)38-20-12-22(37-21)29(15-36-29)27(20,28)4/h5-8,11,17-22,24,30-31H,9-10,12-15H2,1-4H3/b7-5+,8-6-/t17-,18-,19-,20-,21-,22-,24-,26+,27-,28-,29+/m1/s1. The topological polar surface area (TPSA) is 137 Å². The number of rotatable bonds is 1. The number of aliphatic hydroxyl groups is 2. The molecule has 2 spiro atoms. The second kappa shape index (κ2) is 9.22. The average molecular weight is 547 g/mol. The molecule has 6 rings (SSSR count). The van der Waals surface area contributed by atoms with Crippen LogP contribution in [0.4, 0.5) is 0 Å². The number of carbonyl (C=O) groups excluding carboxylic acids is 2. The van der Waals surface area contributed by atoms with Crippen LogP contribution in [-0.4, -0.2) is 95.9 Å². The first-order chi connectivity index (χ1) is 18.5. The Morgan fingerprint density at radius 3 is 2.62 bits per heavy atom. The fourth-order valence-corrected chi connectivity index (χ4v) is 7.38. The number of carbonyl (C=O) groups is 2. The molecular formula is C29H38O10. The minimum atomic E-state index is -0.899. The Morgan fingerprint density at radius 1 is 1.13 bits per heavy atom. The van der Waals surface area contributed by atoms with E-state index in [1.807, 2.05) is 26.8 Å². The van der Waals surface area contributed by atoms with Gasteiger partial charge in [-0.3, -0.25) is 0 Å². The molecule has 4 aliphatic heterocycles. The van der Waals surface area contributed by atoms with Crippen LogP contribution in [0.25, 0.3) is 0 Å². The number of hydrogen-bond donors (Lipinski definition) is 2. The van der Waals surface area contributed by atoms with Gasteiger partial charge in [0.1, 0.15) is 30.0 Å². The third-order valence-corrected chi connectivity index (χ3v) is 10.2. The molecule has 2 N–H and O–H groups in total. The highest BCUT2D eigenvalue weighted by atomic mass is 16.7. The van der Waals surface area contributed by atoms with Crippen molar-refractivity contribution < 1.29 is 48.2 Å². The van der Waals surface area contributed by atoms with E-state index in [2.05, 4.69) is 0 Å². The number of esters is 2. The summed E-state index contributed by atoms with van der Waals surface area (Å²) in [5, 5.41) is 21.1. The first-order valence-electron chi connectivity index (χ1n) is 13.8. The summed E-state index contributed by atoms with van der Waals surface area (Å²) in [4.78, 5) is 26.2. The number of hydrogen-bond acceptors (Lipinski definition) is 10. The van der Waals surface area contributed by atoms with Crippen molar-refractivity contribution in [2.45, 2.75) is 101 Å². The van der Waals surface area contributed by atoms with E-state index >= 15 is 0 Å². The third kappa shape index (κ3) is 4.06. The predicted molar refractivity (Wildman–Crippen MR) is 135 cm³/mol. The van der Waals surface area contributed by atoms with Gasteiger partial charge >= 0.3 is 11.9 Å². The summed E-state index contributed by atoms with van der Waals surface area (Å²) < 4.78 is 36.3. The van der Waals surface area contributed by atoms with Crippen LogP contribution in [-0.2, 0) is 38.0 Å². The van der Waals surface area contributed by atoms with Crippen LogP contribution in [0.3, 0.4) is 0 Å². The zero-order chi connectivity index (χ0) is 27.8. The van der Waals surface area contributed by atoms with E-state index in [4.69, 9.17) is 28.4 Å². The number of aliphatic hydroxyl groups excluding tert-OH is 2. The molecule has 0 amide bonds. The van der Waals surface area contributed by atoms with Gasteiger partial charge < -0.3 is 38.6 Å². The van der Waals surface area contributed by atoms with Crippen molar-refractivity contribution in [3.8, 4) is 0 Å². The lowest BCUT2D eigenvalue weighted by Gasteiger charge is -2.58. The van der Waals surface area contributed by atoms with Gasteiger partial charge in [-0.2, -0.15) is 0 Å². The van der Waals surface area contributed by atoms with E-state index in [0.717, 1.165) is 5.57 Å². The smallest absolute Gasteiger partial charge is 0.338 e. The molecule has 0 unspecified atom stereocenters. The maximum atomic E-state index is 13.3. The van der Waals surface area contributed by atoms with Crippen LogP contribution < -0.4 is 0 Å². The third-order valence-electron chi connectivity index (χ3n) is 10.2. The van der Waals surface area contributed by atoms with Crippen molar-refractivity contribution in [2.75, 3.05) is 19.8 Å². The van der Waals surface area contributed by atoms with Crippen molar-refractivity contribution in [3.05, 3.63) is 36.0 Å². The zero-order valence-corrected chi connectivity index (χ0v) is 22.8. The van der Waals surface area contributed by atoms with Crippen LogP contribution in [0.15, 0.2) is 36.0 Å². The molecule has 0 aromatic heterocycles. The van der Waals surface area contributed by atoms with Gasteiger partial charge in [-0.15, -0.1) is 0 Å². The number of epoxide rings is 2. The largest absolute Gasteiger partial charge is 0.463 e. The van der Waals surface area contributed by atoms with Crippen molar-refractivity contribution in [1.29, 1.82) is 0 Å². The molecule has 10 nitrogen and oxygen atoms in total. The summed E-state index contributed by atoms with van der Waals surface area (Å²) in [5.41, 5.74) is -2.33. The number of allylic oxidation sites excluding steroid dienone is 2. The lowest BCUT2D eigenvalue weighted by molar-refractivity contribution is -0.239. The SMILES string of the molecule is CC1=C[C@H]2O[C@@H]3C[C@H]4OC(=O)/C=C\C=C\[C@H]([C@@H](C)O)OCC[C@]5(C)O[C@@H]5C(=O)OC[C@@]2(C[C@H]1O)[C@]4(C)[C@]31CO1. The van der Waals surface area contributed by atoms with Gasteiger partial charge in [-0.05, 0) is 32.8 Å². The maximum Gasteiger partial charge on any atom is 0.338 e. The molecule has 2 aliphatic carbocycles. The van der Waals surface area contributed by atoms with Crippen molar-refractivity contribution >= 4 is 11.9 Å². The molecular weight excluding hydrogens is 508 g/mol. The summed E-state index contributed by atoms with van der Waals surface area (Å²) in [5.74, 6) is -1.02. The van der Waals surface area contributed by atoms with Gasteiger partial charge in [-0.1, -0.05) is 31.2 Å². The summed E-state index contributed by atoms with van der Waals surface area (Å²) in [6, 6.07) is 0. The Bertz CT molecular complexity index is 1120. The maximum absolute atomic E-state index is 13.3. The Kier molecular flexibility index (Phi) is 6.41. The van der Waals surface area contributed by atoms with E-state index in [0.29, 0.717) is 19.4 Å². The first-order valence-corrected chi connectivity index (χ1v) is 13.8. The van der Waals surface area contributed by atoms with Crippen molar-refractivity contribution in [2.24, 2.45) is 10.8 Å². The molecule has 1 saturated carbocycles. The number of ether oxygens (including phenoxy) is 6. The van der Waals surface area contributed by atoms with Crippen LogP contribution >= 0.6 is 0 Å². The fraction of sp³-hybridized carbons (Fsp3) is 0.724. The molecule has 214 valence electrons. The van der Waals surface area contributed by atoms with Gasteiger partial charge in [0, 0.05) is 24.3 Å². The number of fused-ring (bicyclic) bond motifs is 1. The average Bonchev–Trinajstić information content (AvgIpc) is 3.78. The van der Waals surface area contributed by atoms with Gasteiger partial charge in [0.2, 0.25) is 0 Å². The van der Waals surface area contributed by atoms with Crippen molar-refractivity contribution in [3.63, 3.8) is 0 Å². The lowest BCUT2D eigenvalue weighted by atomic mass is 9.51. The minimum Gasteiger partial charge on any atom is -0.463 e. The minimum absolute atomic E-state index is 0.0468. The molecule has 3 saturated heterocycles. The fourth-order valence-electron chi connectivity index (χ4n) is 7.38. The van der Waals surface area contributed by atoms with Crippen LogP contribution in [0.1, 0.15) is 47.0 Å². The first kappa shape index (κ1) is 27.1. The van der Waals surface area contributed by atoms with Crippen LogP contribution in [0, 0.1) is 10.8 Å². The molecule has 4 heterocycles. The molecule has 11 atom stereocenters. The van der Waals surface area contributed by atoms with E-state index in [1.165, 1.54) is 6.08 Å². The van der Waals surface area contributed by atoms with E-state index in [1.54, 1.807) is 25.2 Å². The molecule has 39 heavy (non-hydrogen) atoms. The monoisotopic (exact) mass is 546 g/mol. The Labute approximate surface area is 227 Å².